The molecule has 0 radical (unpaired) electrons. The third-order valence-electron chi connectivity index (χ3n) is 2.62. The molecule has 0 atom stereocenters. The van der Waals surface area contributed by atoms with Crippen molar-refractivity contribution < 1.29 is 14.3 Å². The van der Waals surface area contributed by atoms with Crippen LogP contribution >= 0.6 is 15.9 Å². The number of aliphatic carboxylic acids is 1. The molecule has 0 spiro atoms. The summed E-state index contributed by atoms with van der Waals surface area (Å²) in [6, 6.07) is 4.68. The molecule has 0 saturated carbocycles. The van der Waals surface area contributed by atoms with E-state index in [1.807, 2.05) is 19.0 Å². The summed E-state index contributed by atoms with van der Waals surface area (Å²) in [5.41, 5.74) is 0.495. The van der Waals surface area contributed by atoms with Gasteiger partial charge in [0, 0.05) is 29.7 Å². The van der Waals surface area contributed by atoms with Crippen molar-refractivity contribution >= 4 is 21.9 Å². The fraction of sp³-hybridized carbons (Fsp3) is 0.462. The number of likely N-dealkylation sites (N-methyl/N-ethyl adjacent to an activating group) is 1. The van der Waals surface area contributed by atoms with Crippen molar-refractivity contribution in [2.45, 2.75) is 6.54 Å². The number of benzene rings is 1. The number of hydrogen-bond donors (Lipinski definition) is 1. The summed E-state index contributed by atoms with van der Waals surface area (Å²) in [4.78, 5) is 14.5. The molecular formula is C13H18BrFN2O2. The third kappa shape index (κ3) is 6.13. The zero-order chi connectivity index (χ0) is 14.4. The Kier molecular flexibility index (Phi) is 6.41. The lowest BCUT2D eigenvalue weighted by atomic mass is 10.2. The minimum Gasteiger partial charge on any atom is -0.480 e. The fourth-order valence-electron chi connectivity index (χ4n) is 1.65. The average Bonchev–Trinajstić information content (AvgIpc) is 2.30. The van der Waals surface area contributed by atoms with Crippen LogP contribution in [0.25, 0.3) is 0 Å². The second-order valence-corrected chi connectivity index (χ2v) is 5.56. The zero-order valence-electron chi connectivity index (χ0n) is 11.1. The van der Waals surface area contributed by atoms with Crippen LogP contribution in [0, 0.1) is 5.82 Å². The van der Waals surface area contributed by atoms with Crippen molar-refractivity contribution in [2.24, 2.45) is 0 Å². The lowest BCUT2D eigenvalue weighted by Crippen LogP contribution is -2.35. The van der Waals surface area contributed by atoms with Crippen molar-refractivity contribution in [3.63, 3.8) is 0 Å². The zero-order valence-corrected chi connectivity index (χ0v) is 12.7. The Morgan fingerprint density at radius 2 is 2.05 bits per heavy atom. The molecule has 0 aromatic heterocycles. The Hall–Kier alpha value is -0.980. The van der Waals surface area contributed by atoms with Crippen molar-refractivity contribution in [3.8, 4) is 0 Å². The summed E-state index contributed by atoms with van der Waals surface area (Å²) >= 11 is 3.29. The van der Waals surface area contributed by atoms with Crippen LogP contribution in [0.1, 0.15) is 5.56 Å². The molecule has 0 fully saturated rings. The van der Waals surface area contributed by atoms with Gasteiger partial charge in [-0.05, 0) is 32.3 Å². The smallest absolute Gasteiger partial charge is 0.317 e. The molecule has 0 aliphatic rings. The summed E-state index contributed by atoms with van der Waals surface area (Å²) in [5, 5.41) is 8.89. The third-order valence-corrected chi connectivity index (χ3v) is 3.12. The monoisotopic (exact) mass is 332 g/mol. The first kappa shape index (κ1) is 16.1. The van der Waals surface area contributed by atoms with E-state index in [1.54, 1.807) is 17.0 Å². The first-order chi connectivity index (χ1) is 8.88. The maximum Gasteiger partial charge on any atom is 0.317 e. The Labute approximate surface area is 120 Å². The van der Waals surface area contributed by atoms with Gasteiger partial charge in [-0.3, -0.25) is 9.69 Å². The van der Waals surface area contributed by atoms with Crippen LogP contribution in [-0.4, -0.2) is 54.6 Å². The van der Waals surface area contributed by atoms with Crippen LogP contribution < -0.4 is 0 Å². The van der Waals surface area contributed by atoms with E-state index in [-0.39, 0.29) is 18.9 Å². The minimum absolute atomic E-state index is 0.0974. The Balaban J connectivity index is 2.74. The SMILES string of the molecule is CN(C)CCN(CC(=O)O)Cc1cc(Br)ccc1F. The van der Waals surface area contributed by atoms with Crippen LogP contribution in [0.2, 0.25) is 0 Å². The molecule has 6 heteroatoms. The van der Waals surface area contributed by atoms with E-state index in [9.17, 15) is 9.18 Å². The van der Waals surface area contributed by atoms with Gasteiger partial charge in [0.1, 0.15) is 5.82 Å². The number of rotatable bonds is 7. The van der Waals surface area contributed by atoms with E-state index in [0.717, 1.165) is 11.0 Å². The quantitative estimate of drug-likeness (QED) is 0.829. The van der Waals surface area contributed by atoms with E-state index < -0.39 is 5.97 Å². The van der Waals surface area contributed by atoms with Crippen molar-refractivity contribution in [1.82, 2.24) is 9.80 Å². The summed E-state index contributed by atoms with van der Waals surface area (Å²) < 4.78 is 14.4. The number of carbonyl (C=O) groups is 1. The van der Waals surface area contributed by atoms with E-state index in [0.29, 0.717) is 12.1 Å². The van der Waals surface area contributed by atoms with Crippen LogP contribution in [0.15, 0.2) is 22.7 Å². The highest BCUT2D eigenvalue weighted by Gasteiger charge is 2.13. The van der Waals surface area contributed by atoms with E-state index >= 15 is 0 Å². The highest BCUT2D eigenvalue weighted by Crippen LogP contribution is 2.17. The average molecular weight is 333 g/mol. The molecule has 0 saturated heterocycles. The standard InChI is InChI=1S/C13H18BrFN2O2/c1-16(2)5-6-17(9-13(18)19)8-10-7-11(14)3-4-12(10)15/h3-4,7H,5-6,8-9H2,1-2H3,(H,18,19). The van der Waals surface area contributed by atoms with E-state index in [1.165, 1.54) is 6.07 Å². The number of carboxylic acids is 1. The maximum atomic E-state index is 13.7. The van der Waals surface area contributed by atoms with Gasteiger partial charge in [0.2, 0.25) is 0 Å². The lowest BCUT2D eigenvalue weighted by Gasteiger charge is -2.22. The van der Waals surface area contributed by atoms with Gasteiger partial charge in [-0.15, -0.1) is 0 Å². The van der Waals surface area contributed by atoms with Crippen LogP contribution in [0.5, 0.6) is 0 Å². The molecule has 106 valence electrons. The molecule has 0 heterocycles. The highest BCUT2D eigenvalue weighted by molar-refractivity contribution is 9.10. The van der Waals surface area contributed by atoms with Crippen LogP contribution in [0.3, 0.4) is 0 Å². The molecule has 0 aliphatic heterocycles. The molecule has 0 aliphatic carbocycles. The van der Waals surface area contributed by atoms with Crippen LogP contribution in [0.4, 0.5) is 4.39 Å². The molecule has 1 aromatic rings. The summed E-state index contributed by atoms with van der Waals surface area (Å²) in [7, 11) is 3.83. The van der Waals surface area contributed by atoms with Gasteiger partial charge in [0.25, 0.3) is 0 Å². The van der Waals surface area contributed by atoms with Gasteiger partial charge in [-0.2, -0.15) is 0 Å². The summed E-state index contributed by atoms with van der Waals surface area (Å²) in [6.45, 7) is 1.49. The normalized spacial score (nSPS) is 11.3. The lowest BCUT2D eigenvalue weighted by molar-refractivity contribution is -0.138. The molecule has 4 nitrogen and oxygen atoms in total. The van der Waals surface area contributed by atoms with E-state index in [2.05, 4.69) is 15.9 Å². The highest BCUT2D eigenvalue weighted by atomic mass is 79.9. The van der Waals surface area contributed by atoms with Crippen molar-refractivity contribution in [1.29, 1.82) is 0 Å². The Bertz CT molecular complexity index is 441. The first-order valence-electron chi connectivity index (χ1n) is 5.91. The number of carboxylic acid groups (broad SMARTS) is 1. The molecule has 19 heavy (non-hydrogen) atoms. The Morgan fingerprint density at radius 1 is 1.37 bits per heavy atom. The van der Waals surface area contributed by atoms with Gasteiger partial charge in [0.05, 0.1) is 6.54 Å². The van der Waals surface area contributed by atoms with Crippen molar-refractivity contribution in [2.75, 3.05) is 33.7 Å². The van der Waals surface area contributed by atoms with Gasteiger partial charge < -0.3 is 10.0 Å². The van der Waals surface area contributed by atoms with Gasteiger partial charge in [-0.1, -0.05) is 15.9 Å². The second kappa shape index (κ2) is 7.57. The summed E-state index contributed by atoms with van der Waals surface area (Å²) in [5.74, 6) is -1.22. The first-order valence-corrected chi connectivity index (χ1v) is 6.70. The Morgan fingerprint density at radius 3 is 2.63 bits per heavy atom. The molecule has 1 aromatic carbocycles. The summed E-state index contributed by atoms with van der Waals surface area (Å²) in [6.07, 6.45) is 0. The van der Waals surface area contributed by atoms with Gasteiger partial charge in [0.15, 0.2) is 0 Å². The molecule has 1 rings (SSSR count). The predicted octanol–water partition coefficient (Wildman–Crippen LogP) is 2.04. The number of nitrogens with zero attached hydrogens (tertiary/aromatic N) is 2. The number of halogens is 2. The minimum atomic E-state index is -0.908. The molecule has 0 unspecified atom stereocenters. The second-order valence-electron chi connectivity index (χ2n) is 4.64. The number of hydrogen-bond acceptors (Lipinski definition) is 3. The van der Waals surface area contributed by atoms with E-state index in [4.69, 9.17) is 5.11 Å². The fourth-order valence-corrected chi connectivity index (χ4v) is 2.06. The molecular weight excluding hydrogens is 315 g/mol. The molecule has 0 amide bonds. The predicted molar refractivity (Wildman–Crippen MR) is 75.6 cm³/mol. The topological polar surface area (TPSA) is 43.8 Å². The van der Waals surface area contributed by atoms with Crippen molar-refractivity contribution in [3.05, 3.63) is 34.1 Å². The van der Waals surface area contributed by atoms with Gasteiger partial charge >= 0.3 is 5.97 Å². The largest absolute Gasteiger partial charge is 0.480 e. The van der Waals surface area contributed by atoms with Gasteiger partial charge in [-0.25, -0.2) is 4.39 Å². The maximum absolute atomic E-state index is 13.7. The molecule has 1 N–H and O–H groups in total. The molecule has 0 bridgehead atoms. The van der Waals surface area contributed by atoms with Crippen LogP contribution in [-0.2, 0) is 11.3 Å².